The number of methoxy groups -OCH3 is 1. The molecule has 4 rings (SSSR count). The predicted octanol–water partition coefficient (Wildman–Crippen LogP) is 6.80. The molecule has 0 spiro atoms. The molecule has 2 aromatic rings. The van der Waals surface area contributed by atoms with E-state index in [0.29, 0.717) is 23.0 Å². The average molecular weight is 496 g/mol. The fourth-order valence-corrected chi connectivity index (χ4v) is 6.76. The van der Waals surface area contributed by atoms with Gasteiger partial charge in [0.2, 0.25) is 0 Å². The van der Waals surface area contributed by atoms with E-state index in [9.17, 15) is 0 Å². The van der Waals surface area contributed by atoms with Crippen LogP contribution in [0.4, 0.5) is 0 Å². The SMILES string of the molecule is CC[C@@H](CC1CCN(CC2CN(Cc3ccc(Cl)cc3Cl)CC2c2ccsc2)CC1)OC. The van der Waals surface area contributed by atoms with E-state index in [2.05, 4.69) is 39.6 Å². The van der Waals surface area contributed by atoms with Crippen LogP contribution in [0.2, 0.25) is 10.0 Å². The van der Waals surface area contributed by atoms with Crippen LogP contribution in [0.15, 0.2) is 35.0 Å². The van der Waals surface area contributed by atoms with Crippen molar-refractivity contribution in [1.82, 2.24) is 9.80 Å². The third-order valence-electron chi connectivity index (χ3n) is 7.48. The number of ether oxygens (including phenoxy) is 1. The molecule has 2 unspecified atom stereocenters. The van der Waals surface area contributed by atoms with Crippen LogP contribution in [-0.4, -0.2) is 55.7 Å². The number of hydrogen-bond acceptors (Lipinski definition) is 4. The van der Waals surface area contributed by atoms with E-state index < -0.39 is 0 Å². The minimum Gasteiger partial charge on any atom is -0.381 e. The summed E-state index contributed by atoms with van der Waals surface area (Å²) < 4.78 is 5.63. The largest absolute Gasteiger partial charge is 0.381 e. The van der Waals surface area contributed by atoms with Crippen LogP contribution in [0.25, 0.3) is 0 Å². The van der Waals surface area contributed by atoms with Crippen molar-refractivity contribution in [3.8, 4) is 0 Å². The summed E-state index contributed by atoms with van der Waals surface area (Å²) >= 11 is 14.4. The first-order valence-electron chi connectivity index (χ1n) is 12.0. The first-order chi connectivity index (χ1) is 15.6. The molecule has 0 N–H and O–H groups in total. The van der Waals surface area contributed by atoms with Crippen molar-refractivity contribution in [1.29, 1.82) is 0 Å². The van der Waals surface area contributed by atoms with Crippen LogP contribution in [0, 0.1) is 11.8 Å². The number of hydrogen-bond donors (Lipinski definition) is 0. The summed E-state index contributed by atoms with van der Waals surface area (Å²) in [5.41, 5.74) is 2.68. The number of likely N-dealkylation sites (tertiary alicyclic amines) is 2. The summed E-state index contributed by atoms with van der Waals surface area (Å²) in [5, 5.41) is 6.04. The van der Waals surface area contributed by atoms with Gasteiger partial charge in [-0.25, -0.2) is 0 Å². The van der Waals surface area contributed by atoms with Crippen molar-refractivity contribution in [2.75, 3.05) is 39.8 Å². The minimum absolute atomic E-state index is 0.428. The summed E-state index contributed by atoms with van der Waals surface area (Å²) in [5.74, 6) is 2.08. The number of benzene rings is 1. The van der Waals surface area contributed by atoms with Gasteiger partial charge in [0.05, 0.1) is 6.10 Å². The molecule has 0 amide bonds. The quantitative estimate of drug-likeness (QED) is 0.381. The Balaban J connectivity index is 1.36. The molecule has 1 aromatic carbocycles. The van der Waals surface area contributed by atoms with Gasteiger partial charge in [0.15, 0.2) is 0 Å². The van der Waals surface area contributed by atoms with Crippen molar-refractivity contribution in [3.63, 3.8) is 0 Å². The van der Waals surface area contributed by atoms with Gasteiger partial charge in [0.1, 0.15) is 0 Å². The van der Waals surface area contributed by atoms with Crippen molar-refractivity contribution < 1.29 is 4.74 Å². The Morgan fingerprint density at radius 3 is 2.59 bits per heavy atom. The number of rotatable bonds is 9. The molecule has 2 fully saturated rings. The third-order valence-corrected chi connectivity index (χ3v) is 8.77. The van der Waals surface area contributed by atoms with E-state index >= 15 is 0 Å². The standard InChI is InChI=1S/C26H36Cl2N2OS/c1-3-24(31-2)12-19-6-9-29(10-7-19)15-22-16-30(17-25(22)21-8-11-32-18-21)14-20-4-5-23(27)13-26(20)28/h4-5,8,11,13,18-19,22,24-25H,3,6-7,9-10,12,14-17H2,1-2H3/t22?,24-,25?/m0/s1. The Kier molecular flexibility index (Phi) is 8.94. The topological polar surface area (TPSA) is 15.7 Å². The van der Waals surface area contributed by atoms with E-state index in [1.54, 1.807) is 0 Å². The molecular formula is C26H36Cl2N2OS. The molecule has 3 nitrogen and oxygen atoms in total. The lowest BCUT2D eigenvalue weighted by Crippen LogP contribution is -2.39. The van der Waals surface area contributed by atoms with Crippen LogP contribution in [0.1, 0.15) is 49.7 Å². The predicted molar refractivity (Wildman–Crippen MR) is 137 cm³/mol. The maximum atomic E-state index is 6.48. The third kappa shape index (κ3) is 6.28. The van der Waals surface area contributed by atoms with E-state index in [1.165, 1.54) is 50.0 Å². The Hall–Kier alpha value is -0.620. The van der Waals surface area contributed by atoms with Crippen LogP contribution in [0.5, 0.6) is 0 Å². The highest BCUT2D eigenvalue weighted by atomic mass is 35.5. The first kappa shape index (κ1) is 24.5. The molecule has 6 heteroatoms. The van der Waals surface area contributed by atoms with Gasteiger partial charge in [-0.15, -0.1) is 0 Å². The second kappa shape index (κ2) is 11.7. The lowest BCUT2D eigenvalue weighted by molar-refractivity contribution is 0.0595. The highest BCUT2D eigenvalue weighted by molar-refractivity contribution is 7.08. The fourth-order valence-electron chi connectivity index (χ4n) is 5.57. The van der Waals surface area contributed by atoms with Crippen molar-refractivity contribution >= 4 is 34.5 Å². The Morgan fingerprint density at radius 2 is 1.94 bits per heavy atom. The number of nitrogens with zero attached hydrogens (tertiary/aromatic N) is 2. The number of piperidine rings is 1. The molecule has 3 heterocycles. The summed E-state index contributed by atoms with van der Waals surface area (Å²) in [4.78, 5) is 5.30. The van der Waals surface area contributed by atoms with Gasteiger partial charge in [-0.1, -0.05) is 36.2 Å². The van der Waals surface area contributed by atoms with E-state index in [4.69, 9.17) is 27.9 Å². The molecule has 0 aliphatic carbocycles. The maximum absolute atomic E-state index is 6.48. The molecule has 1 aromatic heterocycles. The molecule has 0 bridgehead atoms. The Labute approximate surface area is 207 Å². The molecule has 2 aliphatic heterocycles. The zero-order valence-electron chi connectivity index (χ0n) is 19.3. The van der Waals surface area contributed by atoms with Gasteiger partial charge < -0.3 is 9.64 Å². The molecule has 176 valence electrons. The summed E-state index contributed by atoms with van der Waals surface area (Å²) in [6.07, 6.45) is 5.38. The molecule has 3 atom stereocenters. The summed E-state index contributed by atoms with van der Waals surface area (Å²) in [7, 11) is 1.86. The fraction of sp³-hybridized carbons (Fsp3) is 0.615. The molecule has 2 saturated heterocycles. The highest BCUT2D eigenvalue weighted by Gasteiger charge is 2.36. The van der Waals surface area contributed by atoms with Crippen molar-refractivity contribution in [2.24, 2.45) is 11.8 Å². The zero-order chi connectivity index (χ0) is 22.5. The van der Waals surface area contributed by atoms with Gasteiger partial charge in [-0.2, -0.15) is 11.3 Å². The average Bonchev–Trinajstić information content (AvgIpc) is 3.45. The second-order valence-corrected chi connectivity index (χ2v) is 11.2. The van der Waals surface area contributed by atoms with Gasteiger partial charge in [0, 0.05) is 49.3 Å². The van der Waals surface area contributed by atoms with Crippen LogP contribution in [-0.2, 0) is 11.3 Å². The lowest BCUT2D eigenvalue weighted by atomic mass is 9.87. The molecule has 32 heavy (non-hydrogen) atoms. The summed E-state index contributed by atoms with van der Waals surface area (Å²) in [6, 6.07) is 8.21. The van der Waals surface area contributed by atoms with Crippen LogP contribution >= 0.6 is 34.5 Å². The molecule has 0 saturated carbocycles. The van der Waals surface area contributed by atoms with Gasteiger partial charge in [-0.3, -0.25) is 4.90 Å². The van der Waals surface area contributed by atoms with Gasteiger partial charge in [-0.05, 0) is 90.7 Å². The zero-order valence-corrected chi connectivity index (χ0v) is 21.6. The van der Waals surface area contributed by atoms with Crippen LogP contribution in [0.3, 0.4) is 0 Å². The normalized spacial score (nSPS) is 24.2. The smallest absolute Gasteiger partial charge is 0.0571 e. The van der Waals surface area contributed by atoms with Crippen LogP contribution < -0.4 is 0 Å². The highest BCUT2D eigenvalue weighted by Crippen LogP contribution is 2.37. The van der Waals surface area contributed by atoms with E-state index in [0.717, 1.165) is 37.0 Å². The van der Waals surface area contributed by atoms with Crippen molar-refractivity contribution in [2.45, 2.75) is 51.2 Å². The minimum atomic E-state index is 0.428. The van der Waals surface area contributed by atoms with Gasteiger partial charge in [0.25, 0.3) is 0 Å². The molecule has 0 radical (unpaired) electrons. The summed E-state index contributed by atoms with van der Waals surface area (Å²) in [6.45, 7) is 8.99. The monoisotopic (exact) mass is 494 g/mol. The first-order valence-corrected chi connectivity index (χ1v) is 13.7. The van der Waals surface area contributed by atoms with Gasteiger partial charge >= 0.3 is 0 Å². The lowest BCUT2D eigenvalue weighted by Gasteiger charge is -2.35. The number of thiophene rings is 1. The molecular weight excluding hydrogens is 459 g/mol. The number of halogens is 2. The molecule has 2 aliphatic rings. The Morgan fingerprint density at radius 1 is 1.12 bits per heavy atom. The second-order valence-electron chi connectivity index (χ2n) is 9.60. The maximum Gasteiger partial charge on any atom is 0.0571 e. The van der Waals surface area contributed by atoms with E-state index in [-0.39, 0.29) is 0 Å². The van der Waals surface area contributed by atoms with Crippen molar-refractivity contribution in [3.05, 3.63) is 56.2 Å². The van der Waals surface area contributed by atoms with E-state index in [1.807, 2.05) is 30.6 Å². The Bertz CT molecular complexity index is 834.